The minimum absolute atomic E-state index is 0.279. The maximum Gasteiger partial charge on any atom is 0.446 e. The summed E-state index contributed by atoms with van der Waals surface area (Å²) in [5.74, 6) is -6.66. The van der Waals surface area contributed by atoms with Crippen molar-refractivity contribution in [2.24, 2.45) is 0 Å². The summed E-state index contributed by atoms with van der Waals surface area (Å²) in [7, 11) is 0. The fourth-order valence-electron chi connectivity index (χ4n) is 1.42. The molecule has 0 spiro atoms. The molecule has 0 fully saturated rings. The molecule has 0 aromatic heterocycles. The third kappa shape index (κ3) is 6.71. The highest BCUT2D eigenvalue weighted by Gasteiger charge is 2.39. The number of ketones is 1. The Kier molecular flexibility index (Phi) is 7.78. The van der Waals surface area contributed by atoms with Gasteiger partial charge < -0.3 is 0 Å². The van der Waals surface area contributed by atoms with Crippen LogP contribution in [0.15, 0.2) is 11.7 Å². The Balaban J connectivity index is 4.03. The normalized spacial score (nSPS) is 13.4. The van der Waals surface area contributed by atoms with Crippen LogP contribution >= 0.6 is 0 Å². The highest BCUT2D eigenvalue weighted by Crippen LogP contribution is 2.30. The van der Waals surface area contributed by atoms with E-state index in [1.165, 1.54) is 0 Å². The van der Waals surface area contributed by atoms with E-state index in [1.807, 2.05) is 6.92 Å². The van der Waals surface area contributed by atoms with Crippen LogP contribution in [0, 0.1) is 0 Å². The molecule has 0 saturated heterocycles. The highest BCUT2D eigenvalue weighted by atomic mass is 19.4. The molecule has 0 unspecified atom stereocenters. The second-order valence-electron chi connectivity index (χ2n) is 4.07. The number of carbonyl (C=O) groups is 1. The van der Waals surface area contributed by atoms with E-state index in [-0.39, 0.29) is 12.8 Å². The minimum Gasteiger partial charge on any atom is -0.291 e. The van der Waals surface area contributed by atoms with Crippen molar-refractivity contribution in [1.82, 2.24) is 0 Å². The number of Topliss-reactive ketones (excluding diaryl/α,β-unsaturated/α-hetero) is 1. The summed E-state index contributed by atoms with van der Waals surface area (Å²) < 4.78 is 60.4. The van der Waals surface area contributed by atoms with Crippen molar-refractivity contribution >= 4 is 5.78 Å². The van der Waals surface area contributed by atoms with Crippen molar-refractivity contribution in [2.45, 2.75) is 58.0 Å². The third-order valence-electron chi connectivity index (χ3n) is 2.44. The average molecular weight is 272 g/mol. The number of hydrogen-bond acceptors (Lipinski definition) is 1. The molecule has 0 aliphatic heterocycles. The molecule has 0 rings (SSSR count). The van der Waals surface area contributed by atoms with Gasteiger partial charge in [-0.2, -0.15) is 22.0 Å². The van der Waals surface area contributed by atoms with E-state index in [0.29, 0.717) is 6.42 Å². The van der Waals surface area contributed by atoms with Crippen molar-refractivity contribution in [1.29, 1.82) is 0 Å². The van der Waals surface area contributed by atoms with Gasteiger partial charge in [0.15, 0.2) is 5.78 Å². The van der Waals surface area contributed by atoms with Crippen molar-refractivity contribution in [3.63, 3.8) is 0 Å². The maximum atomic E-state index is 12.8. The topological polar surface area (TPSA) is 17.1 Å². The number of halogens is 5. The second-order valence-corrected chi connectivity index (χ2v) is 4.07. The second kappa shape index (κ2) is 8.21. The van der Waals surface area contributed by atoms with E-state index < -0.39 is 23.6 Å². The Bertz CT molecular complexity index is 293. The van der Waals surface area contributed by atoms with Gasteiger partial charge in [0.25, 0.3) is 0 Å². The summed E-state index contributed by atoms with van der Waals surface area (Å²) in [6.45, 7) is 2.03. The van der Waals surface area contributed by atoms with Crippen LogP contribution in [0.2, 0.25) is 0 Å². The van der Waals surface area contributed by atoms with E-state index in [9.17, 15) is 26.7 Å². The molecule has 0 aromatic rings. The quantitative estimate of drug-likeness (QED) is 0.344. The number of rotatable bonds is 8. The molecule has 0 aliphatic rings. The third-order valence-corrected chi connectivity index (χ3v) is 2.44. The maximum absolute atomic E-state index is 12.8. The first-order valence-electron chi connectivity index (χ1n) is 5.96. The van der Waals surface area contributed by atoms with Gasteiger partial charge in [0.05, 0.1) is 0 Å². The SMILES string of the molecule is CCCCCCCCC(=O)/C(F)=C(\F)C(F)(F)F. The summed E-state index contributed by atoms with van der Waals surface area (Å²) in [4.78, 5) is 10.9. The molecule has 1 nitrogen and oxygen atoms in total. The van der Waals surface area contributed by atoms with Gasteiger partial charge in [0.1, 0.15) is 0 Å². The fourth-order valence-corrected chi connectivity index (χ4v) is 1.42. The largest absolute Gasteiger partial charge is 0.446 e. The lowest BCUT2D eigenvalue weighted by Crippen LogP contribution is -2.13. The zero-order chi connectivity index (χ0) is 14.2. The molecule has 0 radical (unpaired) electrons. The van der Waals surface area contributed by atoms with Crippen LogP contribution in [0.25, 0.3) is 0 Å². The first-order chi connectivity index (χ1) is 8.30. The average Bonchev–Trinajstić information content (AvgIpc) is 2.30. The van der Waals surface area contributed by atoms with Crippen molar-refractivity contribution in [3.05, 3.63) is 11.7 Å². The van der Waals surface area contributed by atoms with Crippen LogP contribution in [0.1, 0.15) is 51.9 Å². The summed E-state index contributed by atoms with van der Waals surface area (Å²) in [5.41, 5.74) is 0. The summed E-state index contributed by atoms with van der Waals surface area (Å²) in [6, 6.07) is 0. The molecule has 0 N–H and O–H groups in total. The molecule has 0 aliphatic carbocycles. The summed E-state index contributed by atoms with van der Waals surface area (Å²) in [5, 5.41) is 0. The molecule has 6 heteroatoms. The van der Waals surface area contributed by atoms with Crippen molar-refractivity contribution < 1.29 is 26.7 Å². The number of allylic oxidation sites excluding steroid dienone is 2. The van der Waals surface area contributed by atoms with E-state index in [1.54, 1.807) is 0 Å². The Morgan fingerprint density at radius 2 is 1.44 bits per heavy atom. The van der Waals surface area contributed by atoms with Crippen molar-refractivity contribution in [2.75, 3.05) is 0 Å². The van der Waals surface area contributed by atoms with Crippen LogP contribution < -0.4 is 0 Å². The first-order valence-corrected chi connectivity index (χ1v) is 5.96. The van der Waals surface area contributed by atoms with Gasteiger partial charge in [-0.3, -0.25) is 4.79 Å². The lowest BCUT2D eigenvalue weighted by Gasteiger charge is -2.04. The highest BCUT2D eigenvalue weighted by molar-refractivity contribution is 5.93. The zero-order valence-electron chi connectivity index (χ0n) is 10.2. The molecule has 0 saturated carbocycles. The molecule has 18 heavy (non-hydrogen) atoms. The molecule has 0 atom stereocenters. The molecular weight excluding hydrogens is 255 g/mol. The smallest absolute Gasteiger partial charge is 0.291 e. The number of carbonyl (C=O) groups excluding carboxylic acids is 1. The number of alkyl halides is 3. The first kappa shape index (κ1) is 17.1. The Labute approximate surface area is 103 Å². The van der Waals surface area contributed by atoms with Gasteiger partial charge in [-0.15, -0.1) is 0 Å². The standard InChI is InChI=1S/C12H17F5O/c1-2-3-4-5-6-7-8-9(18)10(13)11(14)12(15,16)17/h2-8H2,1H3/b11-10+. The molecule has 0 bridgehead atoms. The van der Waals surface area contributed by atoms with Crippen molar-refractivity contribution in [3.8, 4) is 0 Å². The van der Waals surface area contributed by atoms with E-state index in [4.69, 9.17) is 0 Å². The van der Waals surface area contributed by atoms with E-state index >= 15 is 0 Å². The number of unbranched alkanes of at least 4 members (excludes halogenated alkanes) is 5. The summed E-state index contributed by atoms with van der Waals surface area (Å²) in [6.07, 6.45) is -0.998. The van der Waals surface area contributed by atoms with Crippen LogP contribution in [-0.4, -0.2) is 12.0 Å². The van der Waals surface area contributed by atoms with Crippen LogP contribution in [0.5, 0.6) is 0 Å². The minimum atomic E-state index is -5.43. The molecule has 106 valence electrons. The predicted molar refractivity (Wildman–Crippen MR) is 58.3 cm³/mol. The number of hydrogen-bond donors (Lipinski definition) is 0. The van der Waals surface area contributed by atoms with Gasteiger partial charge in [0.2, 0.25) is 11.7 Å². The van der Waals surface area contributed by atoms with Gasteiger partial charge in [-0.25, -0.2) is 0 Å². The van der Waals surface area contributed by atoms with Gasteiger partial charge in [-0.1, -0.05) is 39.0 Å². The van der Waals surface area contributed by atoms with E-state index in [0.717, 1.165) is 25.7 Å². The zero-order valence-corrected chi connectivity index (χ0v) is 10.2. The Hall–Kier alpha value is -0.940. The molecule has 0 heterocycles. The Morgan fingerprint density at radius 1 is 0.944 bits per heavy atom. The van der Waals surface area contributed by atoms with Gasteiger partial charge in [-0.05, 0) is 6.42 Å². The molecule has 0 aromatic carbocycles. The van der Waals surface area contributed by atoms with Gasteiger partial charge >= 0.3 is 6.18 Å². The van der Waals surface area contributed by atoms with Crippen LogP contribution in [-0.2, 0) is 4.79 Å². The molecular formula is C12H17F5O. The van der Waals surface area contributed by atoms with E-state index in [2.05, 4.69) is 0 Å². The van der Waals surface area contributed by atoms with Crippen LogP contribution in [0.3, 0.4) is 0 Å². The van der Waals surface area contributed by atoms with Crippen LogP contribution in [0.4, 0.5) is 22.0 Å². The fraction of sp³-hybridized carbons (Fsp3) is 0.750. The predicted octanol–water partition coefficient (Wildman–Crippen LogP) is 5.02. The monoisotopic (exact) mass is 272 g/mol. The summed E-state index contributed by atoms with van der Waals surface area (Å²) >= 11 is 0. The lowest BCUT2D eigenvalue weighted by atomic mass is 10.1. The Morgan fingerprint density at radius 3 is 1.94 bits per heavy atom. The molecule has 0 amide bonds. The lowest BCUT2D eigenvalue weighted by molar-refractivity contribution is -0.123. The van der Waals surface area contributed by atoms with Gasteiger partial charge in [0, 0.05) is 6.42 Å².